The fraction of sp³-hybridized carbons (Fsp3) is 0. The van der Waals surface area contributed by atoms with Gasteiger partial charge in [-0.15, -0.1) is 0 Å². The highest BCUT2D eigenvalue weighted by Crippen LogP contribution is 2.30. The molecule has 0 atom stereocenters. The van der Waals surface area contributed by atoms with Crippen LogP contribution in [-0.2, 0) is 0 Å². The predicted octanol–water partition coefficient (Wildman–Crippen LogP) is 6.46. The molecule has 1 amide bonds. The van der Waals surface area contributed by atoms with Gasteiger partial charge in [0, 0.05) is 16.0 Å². The normalized spacial score (nSPS) is 10.7. The molecule has 0 radical (unpaired) electrons. The molecule has 0 aliphatic rings. The highest BCUT2D eigenvalue weighted by molar-refractivity contribution is 6.34. The zero-order chi connectivity index (χ0) is 18.8. The number of nitrogens with zero attached hydrogens (tertiary/aromatic N) is 1. The van der Waals surface area contributed by atoms with Crippen LogP contribution in [-0.4, -0.2) is 10.9 Å². The number of amides is 1. The number of para-hydroxylation sites is 2. The van der Waals surface area contributed by atoms with Crippen molar-refractivity contribution < 1.29 is 4.79 Å². The summed E-state index contributed by atoms with van der Waals surface area (Å²) < 4.78 is 0. The number of pyridine rings is 1. The molecule has 0 saturated carbocycles. The fourth-order valence-electron chi connectivity index (χ4n) is 2.92. The Hall–Kier alpha value is -2.88. The van der Waals surface area contributed by atoms with Gasteiger partial charge in [-0.1, -0.05) is 71.7 Å². The standard InChI is InChI=1S/C22H14Cl2N2O/c23-17-9-3-1-8-15(17)21-13-16(14-7-2-5-11-19(14)25-21)22(27)26-20-12-6-4-10-18(20)24/h1-13H,(H,26,27). The fourth-order valence-corrected chi connectivity index (χ4v) is 3.34. The van der Waals surface area contributed by atoms with Crippen LogP contribution in [0.15, 0.2) is 78.9 Å². The van der Waals surface area contributed by atoms with E-state index in [4.69, 9.17) is 23.2 Å². The summed E-state index contributed by atoms with van der Waals surface area (Å²) in [7, 11) is 0. The number of fused-ring (bicyclic) bond motifs is 1. The van der Waals surface area contributed by atoms with Crippen LogP contribution >= 0.6 is 23.2 Å². The Morgan fingerprint density at radius 2 is 1.48 bits per heavy atom. The van der Waals surface area contributed by atoms with E-state index < -0.39 is 0 Å². The molecule has 5 heteroatoms. The van der Waals surface area contributed by atoms with Crippen LogP contribution in [0.5, 0.6) is 0 Å². The third kappa shape index (κ3) is 3.52. The van der Waals surface area contributed by atoms with E-state index >= 15 is 0 Å². The van der Waals surface area contributed by atoms with E-state index in [1.807, 2.05) is 54.6 Å². The first-order chi connectivity index (χ1) is 13.1. The number of carbonyl (C=O) groups is 1. The minimum Gasteiger partial charge on any atom is -0.321 e. The second-order valence-corrected chi connectivity index (χ2v) is 6.80. The van der Waals surface area contributed by atoms with Crippen LogP contribution in [0.1, 0.15) is 10.4 Å². The first-order valence-electron chi connectivity index (χ1n) is 8.34. The molecule has 4 aromatic rings. The van der Waals surface area contributed by atoms with Crippen molar-refractivity contribution >= 4 is 45.7 Å². The molecule has 0 bridgehead atoms. The van der Waals surface area contributed by atoms with Crippen molar-refractivity contribution in [3.63, 3.8) is 0 Å². The maximum absolute atomic E-state index is 13.0. The van der Waals surface area contributed by atoms with Crippen molar-refractivity contribution in [3.05, 3.63) is 94.5 Å². The zero-order valence-corrected chi connectivity index (χ0v) is 15.6. The highest BCUT2D eigenvalue weighted by Gasteiger charge is 2.16. The van der Waals surface area contributed by atoms with Crippen molar-refractivity contribution in [1.29, 1.82) is 0 Å². The third-order valence-corrected chi connectivity index (χ3v) is 4.89. The monoisotopic (exact) mass is 392 g/mol. The number of halogens is 2. The molecular weight excluding hydrogens is 379 g/mol. The summed E-state index contributed by atoms with van der Waals surface area (Å²) in [5, 5.41) is 4.71. The lowest BCUT2D eigenvalue weighted by Gasteiger charge is -2.12. The number of benzene rings is 3. The molecule has 27 heavy (non-hydrogen) atoms. The molecule has 0 fully saturated rings. The maximum Gasteiger partial charge on any atom is 0.256 e. The molecule has 0 saturated heterocycles. The quantitative estimate of drug-likeness (QED) is 0.434. The van der Waals surface area contributed by atoms with Crippen LogP contribution in [0.25, 0.3) is 22.2 Å². The number of aromatic nitrogens is 1. The minimum absolute atomic E-state index is 0.255. The first-order valence-corrected chi connectivity index (χ1v) is 9.09. The molecule has 4 rings (SSSR count). The molecule has 0 aliphatic heterocycles. The molecule has 3 aromatic carbocycles. The molecular formula is C22H14Cl2N2O. The summed E-state index contributed by atoms with van der Waals surface area (Å²) >= 11 is 12.5. The number of rotatable bonds is 3. The van der Waals surface area contributed by atoms with Gasteiger partial charge >= 0.3 is 0 Å². The van der Waals surface area contributed by atoms with E-state index in [2.05, 4.69) is 10.3 Å². The van der Waals surface area contributed by atoms with Crippen LogP contribution < -0.4 is 5.32 Å². The van der Waals surface area contributed by atoms with Crippen molar-refractivity contribution in [1.82, 2.24) is 4.98 Å². The average molecular weight is 393 g/mol. The van der Waals surface area contributed by atoms with Gasteiger partial charge in [0.15, 0.2) is 0 Å². The Bertz CT molecular complexity index is 1160. The Morgan fingerprint density at radius 1 is 0.815 bits per heavy atom. The molecule has 0 aliphatic carbocycles. The molecule has 1 N–H and O–H groups in total. The van der Waals surface area contributed by atoms with Gasteiger partial charge in [-0.2, -0.15) is 0 Å². The lowest BCUT2D eigenvalue weighted by Crippen LogP contribution is -2.13. The summed E-state index contributed by atoms with van der Waals surface area (Å²) in [5.41, 5.74) is 3.21. The third-order valence-electron chi connectivity index (χ3n) is 4.23. The van der Waals surface area contributed by atoms with Gasteiger partial charge in [0.05, 0.1) is 27.5 Å². The highest BCUT2D eigenvalue weighted by atomic mass is 35.5. The second kappa shape index (κ2) is 7.39. The van der Waals surface area contributed by atoms with E-state index in [1.54, 1.807) is 24.3 Å². The summed E-state index contributed by atoms with van der Waals surface area (Å²) in [6.45, 7) is 0. The van der Waals surface area contributed by atoms with Crippen molar-refractivity contribution in [2.24, 2.45) is 0 Å². The molecule has 1 heterocycles. The molecule has 3 nitrogen and oxygen atoms in total. The summed E-state index contributed by atoms with van der Waals surface area (Å²) in [5.74, 6) is -0.255. The summed E-state index contributed by atoms with van der Waals surface area (Å²) in [6.07, 6.45) is 0. The van der Waals surface area contributed by atoms with Gasteiger partial charge in [-0.3, -0.25) is 4.79 Å². The number of hydrogen-bond donors (Lipinski definition) is 1. The van der Waals surface area contributed by atoms with E-state index in [0.717, 1.165) is 16.5 Å². The zero-order valence-electron chi connectivity index (χ0n) is 14.1. The molecule has 1 aromatic heterocycles. The van der Waals surface area contributed by atoms with Crippen LogP contribution in [0.4, 0.5) is 5.69 Å². The first kappa shape index (κ1) is 17.5. The Kier molecular flexibility index (Phi) is 4.80. The van der Waals surface area contributed by atoms with Gasteiger partial charge in [-0.25, -0.2) is 4.98 Å². The molecule has 0 unspecified atom stereocenters. The lowest BCUT2D eigenvalue weighted by atomic mass is 10.0. The van der Waals surface area contributed by atoms with Crippen molar-refractivity contribution in [2.45, 2.75) is 0 Å². The smallest absolute Gasteiger partial charge is 0.256 e. The van der Waals surface area contributed by atoms with Crippen molar-refractivity contribution in [2.75, 3.05) is 5.32 Å². The molecule has 132 valence electrons. The Balaban J connectivity index is 1.85. The van der Waals surface area contributed by atoms with Crippen LogP contribution in [0, 0.1) is 0 Å². The van der Waals surface area contributed by atoms with Gasteiger partial charge in [0.25, 0.3) is 5.91 Å². The number of anilines is 1. The van der Waals surface area contributed by atoms with E-state index in [9.17, 15) is 4.79 Å². The van der Waals surface area contributed by atoms with Gasteiger partial charge in [0.2, 0.25) is 0 Å². The topological polar surface area (TPSA) is 42.0 Å². The Labute approximate surface area is 166 Å². The SMILES string of the molecule is O=C(Nc1ccccc1Cl)c1cc(-c2ccccc2Cl)nc2ccccc12. The maximum atomic E-state index is 13.0. The van der Waals surface area contributed by atoms with Crippen LogP contribution in [0.2, 0.25) is 10.0 Å². The van der Waals surface area contributed by atoms with Crippen LogP contribution in [0.3, 0.4) is 0 Å². The second-order valence-electron chi connectivity index (χ2n) is 5.99. The summed E-state index contributed by atoms with van der Waals surface area (Å²) in [4.78, 5) is 17.7. The number of nitrogens with one attached hydrogen (secondary N) is 1. The van der Waals surface area contributed by atoms with Gasteiger partial charge < -0.3 is 5.32 Å². The van der Waals surface area contributed by atoms with E-state index in [-0.39, 0.29) is 5.91 Å². The van der Waals surface area contributed by atoms with Gasteiger partial charge in [-0.05, 0) is 30.3 Å². The predicted molar refractivity (Wildman–Crippen MR) is 112 cm³/mol. The largest absolute Gasteiger partial charge is 0.321 e. The van der Waals surface area contributed by atoms with Crippen molar-refractivity contribution in [3.8, 4) is 11.3 Å². The minimum atomic E-state index is -0.255. The summed E-state index contributed by atoms with van der Waals surface area (Å²) in [6, 6.07) is 23.9. The number of carbonyl (C=O) groups excluding carboxylic acids is 1. The van der Waals surface area contributed by atoms with E-state index in [0.29, 0.717) is 27.0 Å². The van der Waals surface area contributed by atoms with Gasteiger partial charge in [0.1, 0.15) is 0 Å². The molecule has 0 spiro atoms. The Morgan fingerprint density at radius 3 is 2.26 bits per heavy atom. The van der Waals surface area contributed by atoms with E-state index in [1.165, 1.54) is 0 Å². The average Bonchev–Trinajstić information content (AvgIpc) is 2.69. The number of hydrogen-bond acceptors (Lipinski definition) is 2. The lowest BCUT2D eigenvalue weighted by molar-refractivity contribution is 0.102.